The minimum atomic E-state index is -0.815. The number of amides is 1. The molecular weight excluding hydrogens is 422 g/mol. The Balaban J connectivity index is 1.67. The van der Waals surface area contributed by atoms with Crippen LogP contribution in [0.3, 0.4) is 0 Å². The first kappa shape index (κ1) is 22.2. The third-order valence-electron chi connectivity index (χ3n) is 5.59. The van der Waals surface area contributed by atoms with Crippen LogP contribution in [0.1, 0.15) is 29.9 Å². The third kappa shape index (κ3) is 4.48. The molecule has 1 N–H and O–H groups in total. The molecule has 1 aliphatic heterocycles. The van der Waals surface area contributed by atoms with Gasteiger partial charge in [-0.25, -0.2) is 0 Å². The maximum absolute atomic E-state index is 13.0. The summed E-state index contributed by atoms with van der Waals surface area (Å²) in [6, 6.07) is 16.8. The van der Waals surface area contributed by atoms with Crippen molar-refractivity contribution in [2.75, 3.05) is 20.3 Å². The number of rotatable bonds is 8. The maximum atomic E-state index is 13.0. The summed E-state index contributed by atoms with van der Waals surface area (Å²) in [5, 5.41) is 11.0. The molecule has 1 aromatic heterocycles. The number of methoxy groups -OCH3 is 1. The molecule has 4 rings (SSSR count). The average molecular weight is 447 g/mol. The number of ether oxygens (including phenoxy) is 2. The van der Waals surface area contributed by atoms with Crippen LogP contribution in [-0.4, -0.2) is 42.0 Å². The quantitative estimate of drug-likeness (QED) is 0.314. The van der Waals surface area contributed by atoms with Gasteiger partial charge in [-0.15, -0.1) is 0 Å². The highest BCUT2D eigenvalue weighted by Crippen LogP contribution is 2.39. The molecule has 0 spiro atoms. The maximum Gasteiger partial charge on any atom is 0.295 e. The van der Waals surface area contributed by atoms with Gasteiger partial charge in [0.25, 0.3) is 11.7 Å². The van der Waals surface area contributed by atoms with Crippen LogP contribution in [0.15, 0.2) is 76.9 Å². The second-order valence-corrected chi connectivity index (χ2v) is 7.56. The van der Waals surface area contributed by atoms with Gasteiger partial charge in [0.2, 0.25) is 0 Å². The number of hydrogen-bond donors (Lipinski definition) is 1. The van der Waals surface area contributed by atoms with Gasteiger partial charge in [0.15, 0.2) is 0 Å². The van der Waals surface area contributed by atoms with Gasteiger partial charge in [0, 0.05) is 12.1 Å². The van der Waals surface area contributed by atoms with Gasteiger partial charge >= 0.3 is 0 Å². The van der Waals surface area contributed by atoms with Crippen LogP contribution in [0, 0.1) is 0 Å². The predicted molar refractivity (Wildman–Crippen MR) is 122 cm³/mol. The number of nitrogens with zero attached hydrogens (tertiary/aromatic N) is 1. The van der Waals surface area contributed by atoms with Crippen LogP contribution in [-0.2, 0) is 16.0 Å². The highest BCUT2D eigenvalue weighted by atomic mass is 16.5. The summed E-state index contributed by atoms with van der Waals surface area (Å²) in [6.07, 6.45) is 2.01. The summed E-state index contributed by atoms with van der Waals surface area (Å²) < 4.78 is 16.2. The normalized spacial score (nSPS) is 17.4. The molecule has 1 unspecified atom stereocenters. The van der Waals surface area contributed by atoms with E-state index in [2.05, 4.69) is 0 Å². The van der Waals surface area contributed by atoms with Crippen molar-refractivity contribution in [3.05, 3.63) is 89.4 Å². The number of furan rings is 1. The zero-order valence-electron chi connectivity index (χ0n) is 18.5. The smallest absolute Gasteiger partial charge is 0.295 e. The standard InChI is InChI=1S/C26H25NO6/c1-3-32-20-12-8-18(9-13-20)24(28)22-23(21-5-4-16-33-21)27(26(30)25(22)29)15-14-17-6-10-19(31-2)11-7-17/h4-13,16,23,28H,3,14-15H2,1-2H3/b24-22-. The molecule has 7 heteroatoms. The van der Waals surface area contributed by atoms with E-state index in [-0.39, 0.29) is 17.9 Å². The number of aliphatic hydroxyl groups excluding tert-OH is 1. The first-order valence-electron chi connectivity index (χ1n) is 10.7. The molecule has 1 atom stereocenters. The zero-order chi connectivity index (χ0) is 23.4. The summed E-state index contributed by atoms with van der Waals surface area (Å²) in [5.41, 5.74) is 1.42. The van der Waals surface area contributed by atoms with Crippen LogP contribution in [0.4, 0.5) is 0 Å². The topological polar surface area (TPSA) is 89.2 Å². The molecule has 1 saturated heterocycles. The van der Waals surface area contributed by atoms with Gasteiger partial charge < -0.3 is 23.9 Å². The Morgan fingerprint density at radius 3 is 2.33 bits per heavy atom. The number of hydrogen-bond acceptors (Lipinski definition) is 6. The SMILES string of the molecule is CCOc1ccc(/C(O)=C2/C(=O)C(=O)N(CCc3ccc(OC)cc3)C2c2ccco2)cc1. The number of likely N-dealkylation sites (tertiary alicyclic amines) is 1. The summed E-state index contributed by atoms with van der Waals surface area (Å²) in [4.78, 5) is 27.4. The van der Waals surface area contributed by atoms with Crippen LogP contribution in [0.5, 0.6) is 11.5 Å². The molecule has 3 aromatic rings. The molecule has 0 aliphatic carbocycles. The Bertz CT molecular complexity index is 1150. The van der Waals surface area contributed by atoms with Crippen LogP contribution >= 0.6 is 0 Å². The van der Waals surface area contributed by atoms with Crippen molar-refractivity contribution in [1.29, 1.82) is 0 Å². The van der Waals surface area contributed by atoms with E-state index in [1.165, 1.54) is 11.2 Å². The monoisotopic (exact) mass is 447 g/mol. The lowest BCUT2D eigenvalue weighted by Gasteiger charge is -2.23. The lowest BCUT2D eigenvalue weighted by molar-refractivity contribution is -0.140. The van der Waals surface area contributed by atoms with E-state index in [4.69, 9.17) is 13.9 Å². The third-order valence-corrected chi connectivity index (χ3v) is 5.59. The van der Waals surface area contributed by atoms with E-state index >= 15 is 0 Å². The highest BCUT2D eigenvalue weighted by molar-refractivity contribution is 6.46. The van der Waals surface area contributed by atoms with Crippen LogP contribution in [0.2, 0.25) is 0 Å². The van der Waals surface area contributed by atoms with Crippen molar-refractivity contribution in [2.45, 2.75) is 19.4 Å². The van der Waals surface area contributed by atoms with E-state index < -0.39 is 17.7 Å². The van der Waals surface area contributed by atoms with Crippen molar-refractivity contribution in [3.63, 3.8) is 0 Å². The minimum absolute atomic E-state index is 0.00819. The number of Topliss-reactive ketones (excluding diaryl/α,β-unsaturated/α-hetero) is 1. The van der Waals surface area contributed by atoms with Gasteiger partial charge in [0.1, 0.15) is 29.1 Å². The number of carbonyl (C=O) groups excluding carboxylic acids is 2. The summed E-state index contributed by atoms with van der Waals surface area (Å²) in [7, 11) is 1.60. The molecule has 2 heterocycles. The number of carbonyl (C=O) groups is 2. The molecule has 1 aliphatic rings. The van der Waals surface area contributed by atoms with Crippen molar-refractivity contribution in [1.82, 2.24) is 4.90 Å². The molecule has 0 bridgehead atoms. The molecule has 0 radical (unpaired) electrons. The number of aliphatic hydroxyl groups is 1. The molecule has 1 fully saturated rings. The predicted octanol–water partition coefficient (Wildman–Crippen LogP) is 4.35. The lowest BCUT2D eigenvalue weighted by atomic mass is 9.99. The molecule has 1 amide bonds. The Morgan fingerprint density at radius 1 is 1.03 bits per heavy atom. The van der Waals surface area contributed by atoms with Crippen molar-refractivity contribution in [3.8, 4) is 11.5 Å². The van der Waals surface area contributed by atoms with Crippen molar-refractivity contribution in [2.24, 2.45) is 0 Å². The van der Waals surface area contributed by atoms with Gasteiger partial charge in [-0.2, -0.15) is 0 Å². The molecule has 170 valence electrons. The van der Waals surface area contributed by atoms with E-state index in [1.54, 1.807) is 43.5 Å². The van der Waals surface area contributed by atoms with Crippen LogP contribution < -0.4 is 9.47 Å². The molecule has 0 saturated carbocycles. The fraction of sp³-hybridized carbons (Fsp3) is 0.231. The Labute approximate surface area is 191 Å². The van der Waals surface area contributed by atoms with Crippen LogP contribution in [0.25, 0.3) is 5.76 Å². The second-order valence-electron chi connectivity index (χ2n) is 7.56. The van der Waals surface area contributed by atoms with E-state index in [0.29, 0.717) is 30.1 Å². The Morgan fingerprint density at radius 2 is 1.73 bits per heavy atom. The average Bonchev–Trinajstić information content (AvgIpc) is 3.45. The zero-order valence-corrected chi connectivity index (χ0v) is 18.5. The molecule has 7 nitrogen and oxygen atoms in total. The Kier molecular flexibility index (Phi) is 6.49. The summed E-state index contributed by atoms with van der Waals surface area (Å²) >= 11 is 0. The number of ketones is 1. The van der Waals surface area contributed by atoms with Gasteiger partial charge in [-0.3, -0.25) is 9.59 Å². The Hall–Kier alpha value is -4.00. The number of benzene rings is 2. The van der Waals surface area contributed by atoms with E-state index in [9.17, 15) is 14.7 Å². The largest absolute Gasteiger partial charge is 0.507 e. The fourth-order valence-electron chi connectivity index (χ4n) is 3.93. The second kappa shape index (κ2) is 9.65. The highest BCUT2D eigenvalue weighted by Gasteiger charge is 2.47. The van der Waals surface area contributed by atoms with Gasteiger partial charge in [0.05, 0.1) is 25.6 Å². The molecule has 33 heavy (non-hydrogen) atoms. The van der Waals surface area contributed by atoms with Gasteiger partial charge in [-0.05, 0) is 67.4 Å². The van der Waals surface area contributed by atoms with E-state index in [0.717, 1.165) is 11.3 Å². The summed E-state index contributed by atoms with van der Waals surface area (Å²) in [6.45, 7) is 2.68. The summed E-state index contributed by atoms with van der Waals surface area (Å²) in [5.74, 6) is 0.151. The fourth-order valence-corrected chi connectivity index (χ4v) is 3.93. The molecular formula is C26H25NO6. The lowest BCUT2D eigenvalue weighted by Crippen LogP contribution is -2.31. The molecule has 2 aromatic carbocycles. The first-order chi connectivity index (χ1) is 16.0. The minimum Gasteiger partial charge on any atom is -0.507 e. The van der Waals surface area contributed by atoms with Crippen molar-refractivity contribution < 1.29 is 28.6 Å². The van der Waals surface area contributed by atoms with Crippen molar-refractivity contribution >= 4 is 17.4 Å². The van der Waals surface area contributed by atoms with Gasteiger partial charge in [-0.1, -0.05) is 12.1 Å². The first-order valence-corrected chi connectivity index (χ1v) is 10.7. The van der Waals surface area contributed by atoms with E-state index in [1.807, 2.05) is 31.2 Å².